The van der Waals surface area contributed by atoms with Crippen molar-refractivity contribution in [2.24, 2.45) is 5.73 Å². The van der Waals surface area contributed by atoms with E-state index in [1.165, 1.54) is 0 Å². The first kappa shape index (κ1) is 13.6. The molecule has 0 heterocycles. The van der Waals surface area contributed by atoms with E-state index in [1.54, 1.807) is 11.8 Å². The molecule has 0 fully saturated rings. The van der Waals surface area contributed by atoms with Gasteiger partial charge in [-0.3, -0.25) is 4.79 Å². The molecule has 3 nitrogen and oxygen atoms in total. The zero-order chi connectivity index (χ0) is 12.5. The second-order valence-corrected chi connectivity index (χ2v) is 4.54. The summed E-state index contributed by atoms with van der Waals surface area (Å²) >= 11 is 1.61. The van der Waals surface area contributed by atoms with Crippen molar-refractivity contribution in [2.75, 3.05) is 18.1 Å². The first-order valence-electron chi connectivity index (χ1n) is 5.35. The fourth-order valence-electron chi connectivity index (χ4n) is 1.30. The number of carbonyl (C=O) groups excluding carboxylic acids is 1. The van der Waals surface area contributed by atoms with Gasteiger partial charge in [0.2, 0.25) is 5.91 Å². The molecule has 17 heavy (non-hydrogen) atoms. The van der Waals surface area contributed by atoms with Gasteiger partial charge in [0, 0.05) is 12.3 Å². The van der Waals surface area contributed by atoms with Gasteiger partial charge in [-0.25, -0.2) is 0 Å². The van der Waals surface area contributed by atoms with Crippen molar-refractivity contribution in [1.82, 2.24) is 5.32 Å². The Morgan fingerprint density at radius 3 is 2.82 bits per heavy atom. The van der Waals surface area contributed by atoms with E-state index < -0.39 is 6.04 Å². The highest BCUT2D eigenvalue weighted by atomic mass is 32.2. The molecule has 1 atom stereocenters. The molecule has 0 radical (unpaired) electrons. The molecule has 0 saturated carbocycles. The molecular formula is C13H16N2OS. The van der Waals surface area contributed by atoms with Gasteiger partial charge in [0.15, 0.2) is 0 Å². The Labute approximate surface area is 106 Å². The molecule has 0 bridgehead atoms. The lowest BCUT2D eigenvalue weighted by molar-refractivity contribution is -0.122. The summed E-state index contributed by atoms with van der Waals surface area (Å²) in [5.74, 6) is 3.85. The normalized spacial score (nSPS) is 11.5. The molecule has 1 rings (SSSR count). The molecule has 0 aliphatic heterocycles. The van der Waals surface area contributed by atoms with Gasteiger partial charge < -0.3 is 11.1 Å². The molecule has 1 aromatic carbocycles. The van der Waals surface area contributed by atoms with Crippen LogP contribution in [-0.2, 0) is 4.79 Å². The second-order valence-electron chi connectivity index (χ2n) is 3.44. The van der Waals surface area contributed by atoms with E-state index in [1.807, 2.05) is 30.3 Å². The van der Waals surface area contributed by atoms with Crippen LogP contribution in [0, 0.1) is 12.3 Å². The number of carbonyl (C=O) groups is 1. The van der Waals surface area contributed by atoms with Crippen LogP contribution in [0.1, 0.15) is 11.6 Å². The number of nitrogens with one attached hydrogen (secondary N) is 1. The van der Waals surface area contributed by atoms with E-state index >= 15 is 0 Å². The predicted octanol–water partition coefficient (Wildman–Crippen LogP) is 1.17. The minimum Gasteiger partial charge on any atom is -0.354 e. The molecule has 90 valence electrons. The highest BCUT2D eigenvalue weighted by molar-refractivity contribution is 7.99. The summed E-state index contributed by atoms with van der Waals surface area (Å²) in [6, 6.07) is 8.71. The van der Waals surface area contributed by atoms with Gasteiger partial charge in [-0.05, 0) is 5.56 Å². The van der Waals surface area contributed by atoms with Crippen LogP contribution in [-0.4, -0.2) is 24.0 Å². The van der Waals surface area contributed by atoms with Gasteiger partial charge in [-0.1, -0.05) is 36.3 Å². The molecule has 3 N–H and O–H groups in total. The van der Waals surface area contributed by atoms with Crippen LogP contribution in [0.4, 0.5) is 0 Å². The third-order valence-corrected chi connectivity index (χ3v) is 3.04. The number of hydrogen-bond donors (Lipinski definition) is 2. The Hall–Kier alpha value is -1.44. The largest absolute Gasteiger partial charge is 0.354 e. The number of terminal acetylenes is 1. The molecule has 0 unspecified atom stereocenters. The van der Waals surface area contributed by atoms with Crippen molar-refractivity contribution < 1.29 is 4.79 Å². The SMILES string of the molecule is C#CCSCCNC(=O)[C@H](N)c1ccccc1. The third-order valence-electron chi connectivity index (χ3n) is 2.17. The first-order chi connectivity index (χ1) is 8.25. The van der Waals surface area contributed by atoms with Crippen LogP contribution in [0.15, 0.2) is 30.3 Å². The lowest BCUT2D eigenvalue weighted by Crippen LogP contribution is -2.35. The minimum absolute atomic E-state index is 0.155. The summed E-state index contributed by atoms with van der Waals surface area (Å²) in [5.41, 5.74) is 6.65. The van der Waals surface area contributed by atoms with Gasteiger partial charge in [-0.15, -0.1) is 18.2 Å². The topological polar surface area (TPSA) is 55.1 Å². The van der Waals surface area contributed by atoms with Crippen molar-refractivity contribution in [2.45, 2.75) is 6.04 Å². The Morgan fingerprint density at radius 1 is 1.47 bits per heavy atom. The fourth-order valence-corrected chi connectivity index (χ4v) is 1.81. The number of thioether (sulfide) groups is 1. The fraction of sp³-hybridized carbons (Fsp3) is 0.308. The summed E-state index contributed by atoms with van der Waals surface area (Å²) in [6.07, 6.45) is 5.12. The Bertz CT molecular complexity index is 386. The predicted molar refractivity (Wildman–Crippen MR) is 72.5 cm³/mol. The summed E-state index contributed by atoms with van der Waals surface area (Å²) in [7, 11) is 0. The van der Waals surface area contributed by atoms with Crippen molar-refractivity contribution in [3.05, 3.63) is 35.9 Å². The first-order valence-corrected chi connectivity index (χ1v) is 6.50. The van der Waals surface area contributed by atoms with Crippen molar-refractivity contribution >= 4 is 17.7 Å². The summed E-state index contributed by atoms with van der Waals surface area (Å²) in [5, 5.41) is 2.79. The molecule has 0 aliphatic rings. The zero-order valence-corrected chi connectivity index (χ0v) is 10.4. The van der Waals surface area contributed by atoms with E-state index in [2.05, 4.69) is 11.2 Å². The second kappa shape index (κ2) is 7.77. The maximum absolute atomic E-state index is 11.7. The highest BCUT2D eigenvalue weighted by Gasteiger charge is 2.14. The molecule has 0 saturated heterocycles. The van der Waals surface area contributed by atoms with E-state index in [0.29, 0.717) is 12.3 Å². The van der Waals surface area contributed by atoms with Gasteiger partial charge >= 0.3 is 0 Å². The van der Waals surface area contributed by atoms with E-state index in [0.717, 1.165) is 11.3 Å². The summed E-state index contributed by atoms with van der Waals surface area (Å²) in [6.45, 7) is 0.589. The van der Waals surface area contributed by atoms with E-state index in [4.69, 9.17) is 12.2 Å². The number of nitrogens with two attached hydrogens (primary N) is 1. The van der Waals surface area contributed by atoms with Gasteiger partial charge in [-0.2, -0.15) is 0 Å². The number of amides is 1. The van der Waals surface area contributed by atoms with Crippen LogP contribution in [0.3, 0.4) is 0 Å². The lowest BCUT2D eigenvalue weighted by Gasteiger charge is -2.12. The minimum atomic E-state index is -0.603. The lowest BCUT2D eigenvalue weighted by atomic mass is 10.1. The number of benzene rings is 1. The number of hydrogen-bond acceptors (Lipinski definition) is 3. The Balaban J connectivity index is 2.31. The zero-order valence-electron chi connectivity index (χ0n) is 9.56. The van der Waals surface area contributed by atoms with Gasteiger partial charge in [0.05, 0.1) is 5.75 Å². The smallest absolute Gasteiger partial charge is 0.241 e. The summed E-state index contributed by atoms with van der Waals surface area (Å²) < 4.78 is 0. The van der Waals surface area contributed by atoms with Crippen molar-refractivity contribution in [1.29, 1.82) is 0 Å². The number of rotatable bonds is 6. The quantitative estimate of drug-likeness (QED) is 0.587. The average molecular weight is 248 g/mol. The maximum Gasteiger partial charge on any atom is 0.241 e. The molecule has 1 aromatic rings. The molecule has 0 aromatic heterocycles. The monoisotopic (exact) mass is 248 g/mol. The van der Waals surface area contributed by atoms with Crippen LogP contribution in [0.5, 0.6) is 0 Å². The van der Waals surface area contributed by atoms with Gasteiger partial charge in [0.1, 0.15) is 6.04 Å². The Morgan fingerprint density at radius 2 is 2.18 bits per heavy atom. The van der Waals surface area contributed by atoms with E-state index in [-0.39, 0.29) is 5.91 Å². The van der Waals surface area contributed by atoms with Gasteiger partial charge in [0.25, 0.3) is 0 Å². The highest BCUT2D eigenvalue weighted by Crippen LogP contribution is 2.09. The molecule has 1 amide bonds. The Kier molecular flexibility index (Phi) is 6.23. The molecular weight excluding hydrogens is 232 g/mol. The van der Waals surface area contributed by atoms with E-state index in [9.17, 15) is 4.79 Å². The van der Waals surface area contributed by atoms with Crippen LogP contribution in [0.2, 0.25) is 0 Å². The molecule has 0 spiro atoms. The average Bonchev–Trinajstić information content (AvgIpc) is 2.38. The molecule has 0 aliphatic carbocycles. The summed E-state index contributed by atoms with van der Waals surface area (Å²) in [4.78, 5) is 11.7. The van der Waals surface area contributed by atoms with Crippen LogP contribution >= 0.6 is 11.8 Å². The third kappa shape index (κ3) is 4.94. The maximum atomic E-state index is 11.7. The standard InChI is InChI=1S/C13H16N2OS/c1-2-9-17-10-8-15-13(16)12(14)11-6-4-3-5-7-11/h1,3-7,12H,8-10,14H2,(H,15,16)/t12-/m1/s1. The molecule has 4 heteroatoms. The van der Waals surface area contributed by atoms with Crippen molar-refractivity contribution in [3.8, 4) is 12.3 Å². The van der Waals surface area contributed by atoms with Crippen LogP contribution in [0.25, 0.3) is 0 Å². The van der Waals surface area contributed by atoms with Crippen LogP contribution < -0.4 is 11.1 Å². The van der Waals surface area contributed by atoms with Crippen molar-refractivity contribution in [3.63, 3.8) is 0 Å².